The molecule has 0 saturated heterocycles. The molecular weight excluding hydrogens is 420 g/mol. The summed E-state index contributed by atoms with van der Waals surface area (Å²) in [6.45, 7) is 0. The third-order valence-electron chi connectivity index (χ3n) is 5.12. The molecule has 1 aromatic carbocycles. The van der Waals surface area contributed by atoms with Crippen LogP contribution in [-0.4, -0.2) is 40.5 Å². The molecule has 0 unspecified atom stereocenters. The Hall–Kier alpha value is -3.01. The lowest BCUT2D eigenvalue weighted by molar-refractivity contribution is -0.121. The van der Waals surface area contributed by atoms with Gasteiger partial charge in [-0.1, -0.05) is 11.6 Å². The Bertz CT molecular complexity index is 997. The van der Waals surface area contributed by atoms with Crippen LogP contribution in [-0.2, 0) is 4.79 Å². The summed E-state index contributed by atoms with van der Waals surface area (Å²) in [4.78, 5) is 40.2. The van der Waals surface area contributed by atoms with Gasteiger partial charge in [-0.25, -0.2) is 13.8 Å². The number of nitrogens with zero attached hydrogens (tertiary/aromatic N) is 2. The van der Waals surface area contributed by atoms with Crippen molar-refractivity contribution >= 4 is 35.0 Å². The van der Waals surface area contributed by atoms with Crippen LogP contribution >= 0.6 is 11.6 Å². The van der Waals surface area contributed by atoms with Crippen LogP contribution in [0.25, 0.3) is 0 Å². The minimum Gasteiger partial charge on any atom is -0.364 e. The molecule has 30 heavy (non-hydrogen) atoms. The second-order valence-electron chi connectivity index (χ2n) is 7.00. The normalized spacial score (nSPS) is 21.1. The van der Waals surface area contributed by atoms with Crippen LogP contribution in [0, 0.1) is 11.7 Å². The van der Waals surface area contributed by atoms with E-state index in [9.17, 15) is 18.8 Å². The highest BCUT2D eigenvalue weighted by Crippen LogP contribution is 2.37. The topological polar surface area (TPSA) is 119 Å². The largest absolute Gasteiger partial charge is 0.364 e. The number of imidazole rings is 1. The average molecular weight is 440 g/mol. The standard InChI is InChI=1S/C19H20ClF2N5O3/c1-24-19(30)16-15(17(23)28)25-8-27(16)14-5-2-9(6-12(14)22)18(29)26-13-4-3-10(21)7-11(13)20/h3-4,7-9,12,14H,2,5-6H2,1H3,(H2,23,28)(H,24,30)(H,26,29)/t9-,12+,14-/m0/s1. The minimum atomic E-state index is -1.48. The van der Waals surface area contributed by atoms with Crippen molar-refractivity contribution < 1.29 is 23.2 Å². The molecule has 0 radical (unpaired) electrons. The summed E-state index contributed by atoms with van der Waals surface area (Å²) in [6, 6.07) is 2.78. The fourth-order valence-electron chi connectivity index (χ4n) is 3.61. The second kappa shape index (κ2) is 8.78. The quantitative estimate of drug-likeness (QED) is 0.662. The zero-order valence-corrected chi connectivity index (χ0v) is 16.7. The molecule has 3 rings (SSSR count). The molecule has 4 N–H and O–H groups in total. The number of aromatic nitrogens is 2. The molecule has 2 aromatic rings. The van der Waals surface area contributed by atoms with E-state index >= 15 is 4.39 Å². The molecule has 1 aliphatic carbocycles. The Morgan fingerprint density at radius 3 is 2.63 bits per heavy atom. The number of rotatable bonds is 5. The lowest BCUT2D eigenvalue weighted by Crippen LogP contribution is -2.36. The molecule has 0 aliphatic heterocycles. The number of alkyl halides is 1. The summed E-state index contributed by atoms with van der Waals surface area (Å²) in [5.41, 5.74) is 5.15. The number of nitrogens with two attached hydrogens (primary N) is 1. The molecule has 1 heterocycles. The van der Waals surface area contributed by atoms with Crippen LogP contribution in [0.2, 0.25) is 5.02 Å². The first kappa shape index (κ1) is 21.7. The van der Waals surface area contributed by atoms with E-state index < -0.39 is 41.7 Å². The van der Waals surface area contributed by atoms with Gasteiger partial charge in [-0.05, 0) is 37.5 Å². The number of halogens is 3. The SMILES string of the molecule is CNC(=O)c1c(C(N)=O)ncn1[C@H]1CC[C@H](C(=O)Nc2ccc(F)cc2Cl)C[C@H]1F. The molecule has 0 spiro atoms. The van der Waals surface area contributed by atoms with Crippen LogP contribution in [0.5, 0.6) is 0 Å². The van der Waals surface area contributed by atoms with Gasteiger partial charge in [-0.3, -0.25) is 14.4 Å². The lowest BCUT2D eigenvalue weighted by Gasteiger charge is -2.32. The monoisotopic (exact) mass is 439 g/mol. The smallest absolute Gasteiger partial charge is 0.270 e. The van der Waals surface area contributed by atoms with Gasteiger partial charge in [0.2, 0.25) is 5.91 Å². The Morgan fingerprint density at radius 2 is 2.03 bits per heavy atom. The summed E-state index contributed by atoms with van der Waals surface area (Å²) in [6.07, 6.45) is 0.186. The zero-order valence-electron chi connectivity index (χ0n) is 16.0. The van der Waals surface area contributed by atoms with Crippen molar-refractivity contribution in [2.75, 3.05) is 12.4 Å². The first-order chi connectivity index (χ1) is 14.2. The summed E-state index contributed by atoms with van der Waals surface area (Å²) < 4.78 is 29.5. The predicted octanol–water partition coefficient (Wildman–Crippen LogP) is 2.45. The Kier molecular flexibility index (Phi) is 6.35. The molecular formula is C19H20ClF2N5O3. The molecule has 3 atom stereocenters. The minimum absolute atomic E-state index is 0.0430. The number of benzene rings is 1. The van der Waals surface area contributed by atoms with Crippen LogP contribution < -0.4 is 16.4 Å². The maximum Gasteiger partial charge on any atom is 0.270 e. The van der Waals surface area contributed by atoms with Gasteiger partial charge < -0.3 is 20.9 Å². The molecule has 0 bridgehead atoms. The Labute approximate surface area is 175 Å². The van der Waals surface area contributed by atoms with Gasteiger partial charge in [0.1, 0.15) is 17.7 Å². The molecule has 8 nitrogen and oxygen atoms in total. The van der Waals surface area contributed by atoms with Crippen LogP contribution in [0.1, 0.15) is 46.3 Å². The number of hydrogen-bond acceptors (Lipinski definition) is 4. The van der Waals surface area contributed by atoms with Gasteiger partial charge in [0.05, 0.1) is 23.1 Å². The number of primary amides is 1. The zero-order chi connectivity index (χ0) is 22.0. The number of anilines is 1. The van der Waals surface area contributed by atoms with Gasteiger partial charge in [-0.2, -0.15) is 0 Å². The first-order valence-electron chi connectivity index (χ1n) is 9.21. The molecule has 3 amide bonds. The molecule has 160 valence electrons. The summed E-state index contributed by atoms with van der Waals surface area (Å²) in [5.74, 6) is -3.12. The van der Waals surface area contributed by atoms with E-state index in [2.05, 4.69) is 15.6 Å². The van der Waals surface area contributed by atoms with E-state index in [1.54, 1.807) is 0 Å². The number of carbonyl (C=O) groups excluding carboxylic acids is 3. The highest BCUT2D eigenvalue weighted by molar-refractivity contribution is 6.33. The lowest BCUT2D eigenvalue weighted by atomic mass is 9.83. The molecule has 1 aliphatic rings. The van der Waals surface area contributed by atoms with E-state index in [1.165, 1.54) is 24.0 Å². The fraction of sp³-hybridized carbons (Fsp3) is 0.368. The average Bonchev–Trinajstić information content (AvgIpc) is 3.14. The van der Waals surface area contributed by atoms with Gasteiger partial charge in [0.25, 0.3) is 11.8 Å². The Morgan fingerprint density at radius 1 is 1.30 bits per heavy atom. The maximum absolute atomic E-state index is 15.0. The molecule has 1 saturated carbocycles. The van der Waals surface area contributed by atoms with Crippen molar-refractivity contribution in [3.05, 3.63) is 46.8 Å². The van der Waals surface area contributed by atoms with Gasteiger partial charge >= 0.3 is 0 Å². The van der Waals surface area contributed by atoms with Crippen molar-refractivity contribution in [1.82, 2.24) is 14.9 Å². The third-order valence-corrected chi connectivity index (χ3v) is 5.44. The van der Waals surface area contributed by atoms with E-state index in [-0.39, 0.29) is 34.9 Å². The van der Waals surface area contributed by atoms with Crippen molar-refractivity contribution in [1.29, 1.82) is 0 Å². The van der Waals surface area contributed by atoms with E-state index in [0.717, 1.165) is 12.1 Å². The van der Waals surface area contributed by atoms with Crippen molar-refractivity contribution in [2.45, 2.75) is 31.5 Å². The summed E-state index contributed by atoms with van der Waals surface area (Å²) in [5, 5.41) is 5.02. The number of nitrogens with one attached hydrogen (secondary N) is 2. The van der Waals surface area contributed by atoms with E-state index in [1.807, 2.05) is 0 Å². The van der Waals surface area contributed by atoms with Crippen LogP contribution in [0.3, 0.4) is 0 Å². The first-order valence-corrected chi connectivity index (χ1v) is 9.59. The van der Waals surface area contributed by atoms with Crippen molar-refractivity contribution in [3.8, 4) is 0 Å². The maximum atomic E-state index is 15.0. The number of amides is 3. The van der Waals surface area contributed by atoms with Gasteiger partial charge in [0.15, 0.2) is 5.69 Å². The van der Waals surface area contributed by atoms with Crippen LogP contribution in [0.4, 0.5) is 14.5 Å². The number of hydrogen-bond donors (Lipinski definition) is 3. The second-order valence-corrected chi connectivity index (χ2v) is 7.41. The number of carbonyl (C=O) groups is 3. The van der Waals surface area contributed by atoms with E-state index in [4.69, 9.17) is 17.3 Å². The van der Waals surface area contributed by atoms with E-state index in [0.29, 0.717) is 6.42 Å². The summed E-state index contributed by atoms with van der Waals surface area (Å²) >= 11 is 5.92. The van der Waals surface area contributed by atoms with Gasteiger partial charge in [0, 0.05) is 13.0 Å². The highest BCUT2D eigenvalue weighted by Gasteiger charge is 2.37. The highest BCUT2D eigenvalue weighted by atomic mass is 35.5. The van der Waals surface area contributed by atoms with Crippen molar-refractivity contribution in [3.63, 3.8) is 0 Å². The fourth-order valence-corrected chi connectivity index (χ4v) is 3.83. The van der Waals surface area contributed by atoms with Crippen molar-refractivity contribution in [2.24, 2.45) is 11.7 Å². The summed E-state index contributed by atoms with van der Waals surface area (Å²) in [7, 11) is 1.37. The molecule has 1 aromatic heterocycles. The molecule has 11 heteroatoms. The predicted molar refractivity (Wildman–Crippen MR) is 105 cm³/mol. The van der Waals surface area contributed by atoms with Crippen LogP contribution in [0.15, 0.2) is 24.5 Å². The van der Waals surface area contributed by atoms with Gasteiger partial charge in [-0.15, -0.1) is 0 Å². The molecule has 1 fully saturated rings. The third kappa shape index (κ3) is 4.28. The Balaban J connectivity index is 1.75.